The molecule has 4 heterocycles. The quantitative estimate of drug-likeness (QED) is 0.142. The summed E-state index contributed by atoms with van der Waals surface area (Å²) in [7, 11) is 4.31. The lowest BCUT2D eigenvalue weighted by Gasteiger charge is -2.35. The lowest BCUT2D eigenvalue weighted by atomic mass is 9.86. The van der Waals surface area contributed by atoms with Crippen LogP contribution < -0.4 is 0 Å². The standard InChI is InChI=1S/2C25H26N2O2/c2*1-17-5-3-4-6-21(17)18-7-9-22-19(15-18)12-14-27(2)24(22)10-8-20-16-26-13-11-23(20)25(28)29/h2*3-7,9,11,13,15-16,24H,8,10,12,14H2,1-2H3,(H,28,29)/t2*24-/m10/s1. The molecule has 0 unspecified atom stereocenters. The predicted octanol–water partition coefficient (Wildman–Crippen LogP) is 9.83. The minimum absolute atomic E-state index is 0.284. The zero-order chi connectivity index (χ0) is 40.8. The van der Waals surface area contributed by atoms with Crippen LogP contribution >= 0.6 is 0 Å². The average molecular weight is 773 g/mol. The Labute approximate surface area is 341 Å². The molecule has 0 bridgehead atoms. The van der Waals surface area contributed by atoms with Gasteiger partial charge in [-0.3, -0.25) is 19.8 Å². The van der Waals surface area contributed by atoms with Gasteiger partial charge in [0.25, 0.3) is 0 Å². The first-order chi connectivity index (χ1) is 28.1. The number of hydrogen-bond donors (Lipinski definition) is 2. The first kappa shape index (κ1) is 40.2. The van der Waals surface area contributed by atoms with Crippen molar-refractivity contribution in [2.45, 2.75) is 64.5 Å². The molecule has 2 aliphatic heterocycles. The molecule has 0 spiro atoms. The molecule has 0 aliphatic carbocycles. The number of benzene rings is 4. The van der Waals surface area contributed by atoms with Crippen molar-refractivity contribution >= 4 is 11.9 Å². The highest BCUT2D eigenvalue weighted by Crippen LogP contribution is 2.37. The molecule has 0 saturated carbocycles. The maximum atomic E-state index is 11.5. The summed E-state index contributed by atoms with van der Waals surface area (Å²) in [4.78, 5) is 36.0. The fraction of sp³-hybridized carbons (Fsp3) is 0.280. The Morgan fingerprint density at radius 3 is 1.41 bits per heavy atom. The Balaban J connectivity index is 0.000000177. The van der Waals surface area contributed by atoms with Crippen molar-refractivity contribution in [1.82, 2.24) is 19.8 Å². The smallest absolute Gasteiger partial charge is 0.336 e. The van der Waals surface area contributed by atoms with Crippen LogP contribution in [0.15, 0.2) is 122 Å². The average Bonchev–Trinajstić information content (AvgIpc) is 3.23. The Hall–Kier alpha value is -5.96. The summed E-state index contributed by atoms with van der Waals surface area (Å²) in [6.45, 7) is 6.32. The molecule has 2 aromatic heterocycles. The molecule has 0 fully saturated rings. The number of carbonyl (C=O) groups is 2. The number of fused-ring (bicyclic) bond motifs is 2. The largest absolute Gasteiger partial charge is 0.478 e. The second kappa shape index (κ2) is 18.1. The van der Waals surface area contributed by atoms with Gasteiger partial charge in [0.1, 0.15) is 0 Å². The fourth-order valence-electron chi connectivity index (χ4n) is 8.81. The number of aromatic nitrogens is 2. The van der Waals surface area contributed by atoms with E-state index in [9.17, 15) is 19.8 Å². The Kier molecular flexibility index (Phi) is 12.6. The van der Waals surface area contributed by atoms with Gasteiger partial charge in [-0.1, -0.05) is 84.9 Å². The van der Waals surface area contributed by atoms with Crippen molar-refractivity contribution in [3.63, 3.8) is 0 Å². The number of hydrogen-bond acceptors (Lipinski definition) is 6. The molecule has 0 saturated heterocycles. The Bertz CT molecular complexity index is 2260. The number of likely N-dealkylation sites (N-methyl/N-ethyl adjacent to an activating group) is 2. The molecule has 8 nitrogen and oxygen atoms in total. The van der Waals surface area contributed by atoms with E-state index in [1.165, 1.54) is 55.6 Å². The molecular formula is C50H52N4O4. The van der Waals surface area contributed by atoms with E-state index in [-0.39, 0.29) is 12.1 Å². The van der Waals surface area contributed by atoms with E-state index in [1.54, 1.807) is 36.9 Å². The van der Waals surface area contributed by atoms with Crippen molar-refractivity contribution in [3.05, 3.63) is 177 Å². The third-order valence-corrected chi connectivity index (χ3v) is 12.1. The highest BCUT2D eigenvalue weighted by Gasteiger charge is 2.27. The maximum absolute atomic E-state index is 11.5. The molecule has 2 N–H and O–H groups in total. The molecule has 0 radical (unpaired) electrons. The molecule has 8 heteroatoms. The first-order valence-corrected chi connectivity index (χ1v) is 20.2. The molecule has 6 aromatic rings. The number of nitrogens with zero attached hydrogens (tertiary/aromatic N) is 4. The van der Waals surface area contributed by atoms with Crippen LogP contribution in [-0.4, -0.2) is 69.1 Å². The van der Waals surface area contributed by atoms with Gasteiger partial charge < -0.3 is 10.2 Å². The minimum atomic E-state index is -0.886. The Morgan fingerprint density at radius 1 is 0.603 bits per heavy atom. The van der Waals surface area contributed by atoms with Crippen LogP contribution in [0.5, 0.6) is 0 Å². The van der Waals surface area contributed by atoms with Gasteiger partial charge in [-0.15, -0.1) is 0 Å². The molecule has 58 heavy (non-hydrogen) atoms. The van der Waals surface area contributed by atoms with E-state index in [1.807, 2.05) is 0 Å². The van der Waals surface area contributed by atoms with E-state index in [4.69, 9.17) is 0 Å². The lowest BCUT2D eigenvalue weighted by molar-refractivity contribution is 0.0684. The minimum Gasteiger partial charge on any atom is -0.478 e. The van der Waals surface area contributed by atoms with Crippen molar-refractivity contribution in [2.75, 3.05) is 27.2 Å². The van der Waals surface area contributed by atoms with E-state index in [0.29, 0.717) is 24.0 Å². The van der Waals surface area contributed by atoms with Gasteiger partial charge in [0.15, 0.2) is 0 Å². The third kappa shape index (κ3) is 8.94. The summed E-state index contributed by atoms with van der Waals surface area (Å²) in [5.41, 5.74) is 15.5. The van der Waals surface area contributed by atoms with Gasteiger partial charge in [-0.2, -0.15) is 0 Å². The number of carboxylic acids is 2. The first-order valence-electron chi connectivity index (χ1n) is 20.2. The van der Waals surface area contributed by atoms with E-state index in [0.717, 1.165) is 49.9 Å². The SMILES string of the molecule is Cc1ccccc1-c1ccc2c(c1)CCN(C)[C@@H]2CCc1cnccc1C(=O)O.Cc1ccccc1-c1ccc2c(c1)CCN(C)[C@H]2CCc1cnccc1C(=O)O. The zero-order valence-corrected chi connectivity index (χ0v) is 33.9. The monoisotopic (exact) mass is 772 g/mol. The van der Waals surface area contributed by atoms with Crippen LogP contribution in [0.4, 0.5) is 0 Å². The van der Waals surface area contributed by atoms with E-state index < -0.39 is 11.9 Å². The molecule has 2 atom stereocenters. The van der Waals surface area contributed by atoms with E-state index in [2.05, 4.69) is 133 Å². The summed E-state index contributed by atoms with van der Waals surface area (Å²) in [5, 5.41) is 18.9. The highest BCUT2D eigenvalue weighted by atomic mass is 16.4. The fourth-order valence-corrected chi connectivity index (χ4v) is 8.81. The van der Waals surface area contributed by atoms with Gasteiger partial charge in [-0.05, 0) is 145 Å². The topological polar surface area (TPSA) is 107 Å². The van der Waals surface area contributed by atoms with E-state index >= 15 is 0 Å². The summed E-state index contributed by atoms with van der Waals surface area (Å²) < 4.78 is 0. The number of rotatable bonds is 10. The van der Waals surface area contributed by atoms with Crippen molar-refractivity contribution in [1.29, 1.82) is 0 Å². The van der Waals surface area contributed by atoms with Crippen LogP contribution in [0.3, 0.4) is 0 Å². The summed E-state index contributed by atoms with van der Waals surface area (Å²) >= 11 is 0. The van der Waals surface area contributed by atoms with Crippen molar-refractivity contribution < 1.29 is 19.8 Å². The highest BCUT2D eigenvalue weighted by molar-refractivity contribution is 5.89. The number of aryl methyl sites for hydroxylation is 4. The molecule has 296 valence electrons. The van der Waals surface area contributed by atoms with Crippen LogP contribution in [0.25, 0.3) is 22.3 Å². The van der Waals surface area contributed by atoms with Gasteiger partial charge in [-0.25, -0.2) is 9.59 Å². The third-order valence-electron chi connectivity index (χ3n) is 12.1. The van der Waals surface area contributed by atoms with Gasteiger partial charge in [0.2, 0.25) is 0 Å². The summed E-state index contributed by atoms with van der Waals surface area (Å²) in [6.07, 6.45) is 11.7. The van der Waals surface area contributed by atoms with Crippen LogP contribution in [0, 0.1) is 13.8 Å². The molecular weight excluding hydrogens is 721 g/mol. The maximum Gasteiger partial charge on any atom is 0.336 e. The Morgan fingerprint density at radius 2 is 1.02 bits per heavy atom. The van der Waals surface area contributed by atoms with Crippen molar-refractivity contribution in [2.24, 2.45) is 0 Å². The number of aromatic carboxylic acids is 2. The molecule has 8 rings (SSSR count). The van der Waals surface area contributed by atoms with Gasteiger partial charge in [0.05, 0.1) is 11.1 Å². The van der Waals surface area contributed by atoms with Crippen molar-refractivity contribution in [3.8, 4) is 22.3 Å². The summed E-state index contributed by atoms with van der Waals surface area (Å²) in [5.74, 6) is -1.77. The van der Waals surface area contributed by atoms with Gasteiger partial charge >= 0.3 is 11.9 Å². The second-order valence-electron chi connectivity index (χ2n) is 15.7. The predicted molar refractivity (Wildman–Crippen MR) is 230 cm³/mol. The lowest BCUT2D eigenvalue weighted by Crippen LogP contribution is -2.32. The molecule has 2 aliphatic rings. The van der Waals surface area contributed by atoms with Crippen LogP contribution in [0.2, 0.25) is 0 Å². The normalized spacial score (nSPS) is 16.4. The number of carboxylic acid groups (broad SMARTS) is 2. The molecule has 0 amide bonds. The number of pyridine rings is 2. The van der Waals surface area contributed by atoms with Crippen LogP contribution in [0.1, 0.15) is 90.1 Å². The summed E-state index contributed by atoms with van der Waals surface area (Å²) in [6, 6.07) is 34.4. The molecule has 4 aromatic carbocycles. The van der Waals surface area contributed by atoms with Crippen LogP contribution in [-0.2, 0) is 25.7 Å². The zero-order valence-electron chi connectivity index (χ0n) is 33.9. The second-order valence-corrected chi connectivity index (χ2v) is 15.7. The van der Waals surface area contributed by atoms with Gasteiger partial charge in [0, 0.05) is 50.0 Å².